The molecule has 104 valence electrons. The molecule has 0 saturated heterocycles. The lowest BCUT2D eigenvalue weighted by Crippen LogP contribution is -2.35. The van der Waals surface area contributed by atoms with Gasteiger partial charge in [-0.1, -0.05) is 52.9 Å². The average Bonchev–Trinajstić information content (AvgIpc) is 2.26. The van der Waals surface area contributed by atoms with E-state index in [1.807, 2.05) is 0 Å². The summed E-state index contributed by atoms with van der Waals surface area (Å²) in [4.78, 5) is 0. The molecular weight excluding hydrogens is 210 g/mol. The maximum absolute atomic E-state index is 8.96. The molecule has 0 aromatic heterocycles. The van der Waals surface area contributed by atoms with Gasteiger partial charge in [0.25, 0.3) is 0 Å². The van der Waals surface area contributed by atoms with Crippen molar-refractivity contribution < 1.29 is 5.11 Å². The van der Waals surface area contributed by atoms with E-state index in [0.717, 1.165) is 13.0 Å². The second-order valence-corrected chi connectivity index (χ2v) is 6.12. The van der Waals surface area contributed by atoms with E-state index < -0.39 is 0 Å². The number of rotatable bonds is 11. The Morgan fingerprint density at radius 3 is 2.35 bits per heavy atom. The normalized spacial score (nSPS) is 13.9. The summed E-state index contributed by atoms with van der Waals surface area (Å²) in [5.41, 5.74) is 0.214. The van der Waals surface area contributed by atoms with E-state index in [-0.39, 0.29) is 5.41 Å². The lowest BCUT2D eigenvalue weighted by molar-refractivity contribution is 0.202. The van der Waals surface area contributed by atoms with Crippen LogP contribution in [0.5, 0.6) is 0 Å². The minimum Gasteiger partial charge on any atom is -0.396 e. The third-order valence-electron chi connectivity index (χ3n) is 3.46. The summed E-state index contributed by atoms with van der Waals surface area (Å²) in [6, 6.07) is 0.606. The highest BCUT2D eigenvalue weighted by atomic mass is 16.3. The molecule has 0 aliphatic heterocycles. The molecule has 2 nitrogen and oxygen atoms in total. The highest BCUT2D eigenvalue weighted by Crippen LogP contribution is 2.18. The summed E-state index contributed by atoms with van der Waals surface area (Å²) in [6.45, 7) is 10.3. The summed E-state index contributed by atoms with van der Waals surface area (Å²) in [5.74, 6) is 0. The van der Waals surface area contributed by atoms with Crippen LogP contribution in [0.1, 0.15) is 72.6 Å². The van der Waals surface area contributed by atoms with Gasteiger partial charge in [0, 0.05) is 19.2 Å². The summed E-state index contributed by atoms with van der Waals surface area (Å²) < 4.78 is 0. The standard InChI is InChI=1S/C15H33NO/c1-5-6-7-8-9-10-14(2)16-13-15(3,4)11-12-17/h14,16-17H,5-13H2,1-4H3. The fourth-order valence-corrected chi connectivity index (χ4v) is 2.00. The van der Waals surface area contributed by atoms with E-state index in [1.54, 1.807) is 0 Å². The third-order valence-corrected chi connectivity index (χ3v) is 3.46. The molecule has 17 heavy (non-hydrogen) atoms. The fraction of sp³-hybridized carbons (Fsp3) is 1.00. The molecule has 0 aliphatic carbocycles. The molecule has 2 heteroatoms. The van der Waals surface area contributed by atoms with Crippen molar-refractivity contribution in [3.63, 3.8) is 0 Å². The molecule has 2 N–H and O–H groups in total. The highest BCUT2D eigenvalue weighted by Gasteiger charge is 2.17. The van der Waals surface area contributed by atoms with Crippen molar-refractivity contribution in [2.45, 2.75) is 78.7 Å². The predicted octanol–water partition coefficient (Wildman–Crippen LogP) is 3.73. The molecule has 1 unspecified atom stereocenters. The molecule has 0 aliphatic rings. The van der Waals surface area contributed by atoms with Gasteiger partial charge in [-0.25, -0.2) is 0 Å². The number of nitrogens with one attached hydrogen (secondary N) is 1. The van der Waals surface area contributed by atoms with Crippen molar-refractivity contribution >= 4 is 0 Å². The minimum atomic E-state index is 0.214. The monoisotopic (exact) mass is 243 g/mol. The van der Waals surface area contributed by atoms with Crippen LogP contribution in [0.3, 0.4) is 0 Å². The van der Waals surface area contributed by atoms with Crippen molar-refractivity contribution in [1.29, 1.82) is 0 Å². The zero-order valence-electron chi connectivity index (χ0n) is 12.4. The van der Waals surface area contributed by atoms with Crippen LogP contribution in [0.2, 0.25) is 0 Å². The summed E-state index contributed by atoms with van der Waals surface area (Å²) in [6.07, 6.45) is 8.96. The van der Waals surface area contributed by atoms with Gasteiger partial charge in [-0.3, -0.25) is 0 Å². The Morgan fingerprint density at radius 1 is 1.12 bits per heavy atom. The molecule has 0 fully saturated rings. The van der Waals surface area contributed by atoms with E-state index in [9.17, 15) is 0 Å². The average molecular weight is 243 g/mol. The number of aliphatic hydroxyl groups is 1. The Morgan fingerprint density at radius 2 is 1.76 bits per heavy atom. The van der Waals surface area contributed by atoms with Crippen molar-refractivity contribution in [1.82, 2.24) is 5.32 Å². The van der Waals surface area contributed by atoms with E-state index in [2.05, 4.69) is 33.0 Å². The van der Waals surface area contributed by atoms with Gasteiger partial charge in [0.05, 0.1) is 0 Å². The second kappa shape index (κ2) is 9.90. The quantitative estimate of drug-likeness (QED) is 0.542. The van der Waals surface area contributed by atoms with Crippen molar-refractivity contribution in [2.75, 3.05) is 13.2 Å². The minimum absolute atomic E-state index is 0.214. The van der Waals surface area contributed by atoms with Gasteiger partial charge in [0.1, 0.15) is 0 Å². The Balaban J connectivity index is 3.48. The maximum Gasteiger partial charge on any atom is 0.0436 e. The van der Waals surface area contributed by atoms with Crippen LogP contribution in [-0.2, 0) is 0 Å². The largest absolute Gasteiger partial charge is 0.396 e. The molecule has 0 aromatic carbocycles. The van der Waals surface area contributed by atoms with Gasteiger partial charge in [0.2, 0.25) is 0 Å². The van der Waals surface area contributed by atoms with Crippen molar-refractivity contribution in [3.8, 4) is 0 Å². The summed E-state index contributed by atoms with van der Waals surface area (Å²) in [5, 5.41) is 12.6. The van der Waals surface area contributed by atoms with Crippen LogP contribution >= 0.6 is 0 Å². The lowest BCUT2D eigenvalue weighted by atomic mass is 9.89. The fourth-order valence-electron chi connectivity index (χ4n) is 2.00. The molecule has 0 radical (unpaired) electrons. The molecule has 0 saturated carbocycles. The maximum atomic E-state index is 8.96. The molecule has 0 amide bonds. The molecule has 0 heterocycles. The van der Waals surface area contributed by atoms with Crippen molar-refractivity contribution in [2.24, 2.45) is 5.41 Å². The Hall–Kier alpha value is -0.0800. The molecule has 0 aromatic rings. The van der Waals surface area contributed by atoms with Crippen molar-refractivity contribution in [3.05, 3.63) is 0 Å². The van der Waals surface area contributed by atoms with Gasteiger partial charge >= 0.3 is 0 Å². The SMILES string of the molecule is CCCCCCCC(C)NCC(C)(C)CCO. The molecule has 0 spiro atoms. The smallest absolute Gasteiger partial charge is 0.0436 e. The molecule has 1 atom stereocenters. The van der Waals surface area contributed by atoms with Gasteiger partial charge in [0.15, 0.2) is 0 Å². The molecular formula is C15H33NO. The topological polar surface area (TPSA) is 32.3 Å². The van der Waals surface area contributed by atoms with Gasteiger partial charge < -0.3 is 10.4 Å². The number of unbranched alkanes of at least 4 members (excludes halogenated alkanes) is 4. The van der Waals surface area contributed by atoms with Crippen LogP contribution in [0, 0.1) is 5.41 Å². The number of hydrogen-bond donors (Lipinski definition) is 2. The van der Waals surface area contributed by atoms with E-state index in [0.29, 0.717) is 12.6 Å². The zero-order chi connectivity index (χ0) is 13.1. The van der Waals surface area contributed by atoms with E-state index >= 15 is 0 Å². The Kier molecular flexibility index (Phi) is 9.85. The van der Waals surface area contributed by atoms with Gasteiger partial charge in [-0.05, 0) is 25.2 Å². The van der Waals surface area contributed by atoms with E-state index in [1.165, 1.54) is 38.5 Å². The van der Waals surface area contributed by atoms with Crippen LogP contribution in [-0.4, -0.2) is 24.3 Å². The van der Waals surface area contributed by atoms with Crippen LogP contribution in [0.4, 0.5) is 0 Å². The summed E-state index contributed by atoms with van der Waals surface area (Å²) in [7, 11) is 0. The molecule has 0 bridgehead atoms. The first kappa shape index (κ1) is 16.9. The van der Waals surface area contributed by atoms with Gasteiger partial charge in [-0.15, -0.1) is 0 Å². The first-order valence-electron chi connectivity index (χ1n) is 7.36. The van der Waals surface area contributed by atoms with Crippen LogP contribution in [0.25, 0.3) is 0 Å². The number of hydrogen-bond acceptors (Lipinski definition) is 2. The summed E-state index contributed by atoms with van der Waals surface area (Å²) >= 11 is 0. The Labute approximate surface area is 108 Å². The highest BCUT2D eigenvalue weighted by molar-refractivity contribution is 4.73. The molecule has 0 rings (SSSR count). The van der Waals surface area contributed by atoms with Gasteiger partial charge in [-0.2, -0.15) is 0 Å². The van der Waals surface area contributed by atoms with Crippen LogP contribution < -0.4 is 5.32 Å². The first-order chi connectivity index (χ1) is 8.02. The van der Waals surface area contributed by atoms with Crippen LogP contribution in [0.15, 0.2) is 0 Å². The zero-order valence-corrected chi connectivity index (χ0v) is 12.4. The lowest BCUT2D eigenvalue weighted by Gasteiger charge is -2.26. The first-order valence-corrected chi connectivity index (χ1v) is 7.36. The Bertz CT molecular complexity index is 168. The predicted molar refractivity (Wildman–Crippen MR) is 76.3 cm³/mol. The number of aliphatic hydroxyl groups excluding tert-OH is 1. The second-order valence-electron chi connectivity index (χ2n) is 6.12. The van der Waals surface area contributed by atoms with E-state index in [4.69, 9.17) is 5.11 Å². The third kappa shape index (κ3) is 10.8.